The molecule has 0 saturated carbocycles. The molecular weight excluding hydrogens is 228 g/mol. The second-order valence-electron chi connectivity index (χ2n) is 2.75. The van der Waals surface area contributed by atoms with Gasteiger partial charge in [0.1, 0.15) is 0 Å². The van der Waals surface area contributed by atoms with E-state index >= 15 is 0 Å². The SMILES string of the molecule is O=S(=O)(CCCCCC(F)(F)F)OF. The molecule has 3 nitrogen and oxygen atoms in total. The molecule has 0 heterocycles. The summed E-state index contributed by atoms with van der Waals surface area (Å²) in [5.41, 5.74) is 0. The van der Waals surface area contributed by atoms with E-state index in [9.17, 15) is 26.1 Å². The lowest BCUT2D eigenvalue weighted by Crippen LogP contribution is -2.08. The summed E-state index contributed by atoms with van der Waals surface area (Å²) in [5.74, 6) is -0.596. The van der Waals surface area contributed by atoms with Crippen LogP contribution in [0, 0.1) is 0 Å². The zero-order valence-corrected chi connectivity index (χ0v) is 8.00. The molecule has 0 rings (SSSR count). The Morgan fingerprint density at radius 1 is 1.07 bits per heavy atom. The molecule has 0 aromatic carbocycles. The van der Waals surface area contributed by atoms with Crippen molar-refractivity contribution in [1.82, 2.24) is 0 Å². The van der Waals surface area contributed by atoms with E-state index in [0.29, 0.717) is 0 Å². The van der Waals surface area contributed by atoms with E-state index < -0.39 is 28.5 Å². The maximum atomic E-state index is 11.6. The molecule has 0 radical (unpaired) electrons. The molecule has 86 valence electrons. The van der Waals surface area contributed by atoms with E-state index in [0.717, 1.165) is 0 Å². The van der Waals surface area contributed by atoms with E-state index in [-0.39, 0.29) is 19.3 Å². The average Bonchev–Trinajstić information content (AvgIpc) is 2.01. The van der Waals surface area contributed by atoms with E-state index in [1.165, 1.54) is 0 Å². The van der Waals surface area contributed by atoms with Crippen LogP contribution in [-0.4, -0.2) is 20.3 Å². The summed E-state index contributed by atoms with van der Waals surface area (Å²) in [7, 11) is -4.18. The van der Waals surface area contributed by atoms with Gasteiger partial charge in [-0.25, -0.2) is 0 Å². The molecule has 0 aliphatic rings. The molecular formula is C6H10F4O3S. The van der Waals surface area contributed by atoms with Crippen molar-refractivity contribution in [2.24, 2.45) is 0 Å². The molecule has 0 atom stereocenters. The third kappa shape index (κ3) is 8.24. The Hall–Kier alpha value is -0.370. The van der Waals surface area contributed by atoms with Crippen LogP contribution in [0.5, 0.6) is 0 Å². The molecule has 0 fully saturated rings. The first-order valence-corrected chi connectivity index (χ1v) is 5.44. The molecule has 0 spiro atoms. The van der Waals surface area contributed by atoms with Crippen molar-refractivity contribution in [3.63, 3.8) is 0 Å². The first-order valence-electron chi connectivity index (χ1n) is 3.86. The number of alkyl halides is 3. The molecule has 0 amide bonds. The summed E-state index contributed by atoms with van der Waals surface area (Å²) in [5, 5.41) is 0. The van der Waals surface area contributed by atoms with Crippen molar-refractivity contribution >= 4 is 10.1 Å². The minimum absolute atomic E-state index is 0.0394. The predicted octanol–water partition coefficient (Wildman–Crippen LogP) is 2.34. The Labute approximate surface area is 79.1 Å². The highest BCUT2D eigenvalue weighted by atomic mass is 32.2. The number of unbranched alkanes of at least 4 members (excludes halogenated alkanes) is 2. The average molecular weight is 238 g/mol. The summed E-state index contributed by atoms with van der Waals surface area (Å²) in [6.45, 7) is 0. The van der Waals surface area contributed by atoms with Crippen LogP contribution in [0.15, 0.2) is 0 Å². The molecule has 14 heavy (non-hydrogen) atoms. The van der Waals surface area contributed by atoms with Crippen LogP contribution in [0.1, 0.15) is 25.7 Å². The van der Waals surface area contributed by atoms with Crippen molar-refractivity contribution in [2.45, 2.75) is 31.9 Å². The maximum absolute atomic E-state index is 11.6. The quantitative estimate of drug-likeness (QED) is 0.527. The number of rotatable bonds is 6. The first kappa shape index (κ1) is 13.6. The van der Waals surface area contributed by atoms with Gasteiger partial charge in [-0.1, -0.05) is 10.8 Å². The van der Waals surface area contributed by atoms with Gasteiger partial charge in [0, 0.05) is 6.42 Å². The maximum Gasteiger partial charge on any atom is 0.389 e. The number of halogens is 4. The third-order valence-corrected chi connectivity index (χ3v) is 2.43. The minimum Gasteiger partial charge on any atom is -0.197 e. The molecule has 0 aromatic heterocycles. The van der Waals surface area contributed by atoms with E-state index in [1.807, 2.05) is 0 Å². The topological polar surface area (TPSA) is 43.4 Å². The molecule has 0 aliphatic heterocycles. The highest BCUT2D eigenvalue weighted by Crippen LogP contribution is 2.22. The van der Waals surface area contributed by atoms with Gasteiger partial charge < -0.3 is 0 Å². The fraction of sp³-hybridized carbons (Fsp3) is 1.00. The second-order valence-corrected chi connectivity index (χ2v) is 4.40. The summed E-state index contributed by atoms with van der Waals surface area (Å²) in [6.07, 6.45) is -5.31. The van der Waals surface area contributed by atoms with Gasteiger partial charge in [-0.15, -0.1) is 0 Å². The largest absolute Gasteiger partial charge is 0.389 e. The minimum atomic E-state index is -4.23. The van der Waals surface area contributed by atoms with Gasteiger partial charge in [-0.3, -0.25) is 0 Å². The zero-order chi connectivity index (χ0) is 11.2. The smallest absolute Gasteiger partial charge is 0.197 e. The van der Waals surface area contributed by atoms with Crippen LogP contribution >= 0.6 is 0 Å². The van der Waals surface area contributed by atoms with E-state index in [4.69, 9.17) is 0 Å². The monoisotopic (exact) mass is 238 g/mol. The Morgan fingerprint density at radius 3 is 2.07 bits per heavy atom. The van der Waals surface area contributed by atoms with Gasteiger partial charge >= 0.3 is 6.18 Å². The second kappa shape index (κ2) is 5.50. The molecule has 0 saturated heterocycles. The van der Waals surface area contributed by atoms with Crippen LogP contribution in [0.3, 0.4) is 0 Å². The van der Waals surface area contributed by atoms with Crippen molar-refractivity contribution < 1.29 is 30.5 Å². The van der Waals surface area contributed by atoms with Gasteiger partial charge in [0.05, 0.1) is 5.75 Å². The van der Waals surface area contributed by atoms with Crippen LogP contribution in [0.4, 0.5) is 17.7 Å². The Morgan fingerprint density at radius 2 is 1.64 bits per heavy atom. The van der Waals surface area contributed by atoms with Crippen molar-refractivity contribution in [2.75, 3.05) is 5.75 Å². The van der Waals surface area contributed by atoms with E-state index in [1.54, 1.807) is 0 Å². The Bertz CT molecular complexity index is 246. The van der Waals surface area contributed by atoms with Gasteiger partial charge in [-0.05, 0) is 17.4 Å². The third-order valence-electron chi connectivity index (χ3n) is 1.45. The normalized spacial score (nSPS) is 13.1. The molecule has 0 aliphatic carbocycles. The van der Waals surface area contributed by atoms with Gasteiger partial charge in [0.25, 0.3) is 10.1 Å². The first-order chi connectivity index (χ1) is 6.27. The zero-order valence-electron chi connectivity index (χ0n) is 7.18. The summed E-state index contributed by atoms with van der Waals surface area (Å²) in [6, 6.07) is 0. The lowest BCUT2D eigenvalue weighted by molar-refractivity contribution is -0.135. The van der Waals surface area contributed by atoms with Crippen LogP contribution < -0.4 is 0 Å². The molecule has 0 aromatic rings. The fourth-order valence-electron chi connectivity index (χ4n) is 0.813. The predicted molar refractivity (Wildman–Crippen MR) is 40.5 cm³/mol. The lowest BCUT2D eigenvalue weighted by atomic mass is 10.2. The molecule has 0 unspecified atom stereocenters. The Kier molecular flexibility index (Phi) is 5.35. The summed E-state index contributed by atoms with van der Waals surface area (Å²) in [4.78, 5) is 0. The number of hydrogen-bond acceptors (Lipinski definition) is 3. The lowest BCUT2D eigenvalue weighted by Gasteiger charge is -2.04. The highest BCUT2D eigenvalue weighted by Gasteiger charge is 2.25. The van der Waals surface area contributed by atoms with Gasteiger partial charge in [-0.2, -0.15) is 21.6 Å². The van der Waals surface area contributed by atoms with Gasteiger partial charge in [0.15, 0.2) is 0 Å². The highest BCUT2D eigenvalue weighted by molar-refractivity contribution is 7.86. The van der Waals surface area contributed by atoms with Gasteiger partial charge in [0.2, 0.25) is 0 Å². The van der Waals surface area contributed by atoms with Crippen molar-refractivity contribution in [3.8, 4) is 0 Å². The summed E-state index contributed by atoms with van der Waals surface area (Å²) < 4.78 is 69.3. The van der Waals surface area contributed by atoms with Crippen LogP contribution in [0.2, 0.25) is 0 Å². The standard InChI is InChI=1S/C6H10F4O3S/c7-6(8,9)4-2-1-3-5-14(11,12)13-10/h1-5H2. The fourth-order valence-corrected chi connectivity index (χ4v) is 1.43. The van der Waals surface area contributed by atoms with Crippen LogP contribution in [-0.2, 0) is 14.5 Å². The summed E-state index contributed by atoms with van der Waals surface area (Å²) >= 11 is 0. The van der Waals surface area contributed by atoms with Crippen molar-refractivity contribution in [3.05, 3.63) is 0 Å². The Balaban J connectivity index is 3.49. The molecule has 0 N–H and O–H groups in total. The van der Waals surface area contributed by atoms with Crippen molar-refractivity contribution in [1.29, 1.82) is 0 Å². The molecule has 0 bridgehead atoms. The number of hydrogen-bond donors (Lipinski definition) is 0. The van der Waals surface area contributed by atoms with Crippen LogP contribution in [0.25, 0.3) is 0 Å². The molecule has 8 heteroatoms. The van der Waals surface area contributed by atoms with E-state index in [2.05, 4.69) is 4.39 Å².